The van der Waals surface area contributed by atoms with Gasteiger partial charge < -0.3 is 0 Å². The van der Waals surface area contributed by atoms with Crippen molar-refractivity contribution in [2.45, 2.75) is 96.3 Å². The topological polar surface area (TPSA) is 0 Å². The zero-order valence-electron chi connectivity index (χ0n) is 12.3. The normalized spacial score (nSPS) is 23.0. The Kier molecular flexibility index (Phi) is 9.70. The minimum absolute atomic E-state index is 0. The quantitative estimate of drug-likeness (QED) is 0.442. The van der Waals surface area contributed by atoms with E-state index >= 15 is 0 Å². The summed E-state index contributed by atoms with van der Waals surface area (Å²) in [5.41, 5.74) is 0. The van der Waals surface area contributed by atoms with Crippen molar-refractivity contribution in [3.63, 3.8) is 0 Å². The van der Waals surface area contributed by atoms with Crippen molar-refractivity contribution in [1.29, 1.82) is 0 Å². The second-order valence-electron chi connectivity index (χ2n) is 6.35. The zero-order valence-corrected chi connectivity index (χ0v) is 16.8. The van der Waals surface area contributed by atoms with Crippen LogP contribution in [0, 0.1) is 0 Å². The average molecular weight is 423 g/mol. The molecule has 107 valence electrons. The Hall–Kier alpha value is 1.28. The zero-order chi connectivity index (χ0) is 11.9. The van der Waals surface area contributed by atoms with Gasteiger partial charge in [0.1, 0.15) is 0 Å². The molecule has 0 heterocycles. The Labute approximate surface area is 132 Å². The molecular formula is C16H32BrSn. The van der Waals surface area contributed by atoms with Crippen molar-refractivity contribution in [3.05, 3.63) is 0 Å². The van der Waals surface area contributed by atoms with E-state index in [1.54, 1.807) is 75.1 Å². The molecule has 0 saturated heterocycles. The first kappa shape index (κ1) is 17.3. The molecular weight excluding hydrogens is 391 g/mol. The van der Waals surface area contributed by atoms with Gasteiger partial charge in [0.05, 0.1) is 0 Å². The van der Waals surface area contributed by atoms with E-state index in [4.69, 9.17) is 0 Å². The molecule has 18 heavy (non-hydrogen) atoms. The van der Waals surface area contributed by atoms with Crippen LogP contribution in [-0.2, 0) is 0 Å². The molecule has 0 unspecified atom stereocenters. The molecule has 0 amide bonds. The van der Waals surface area contributed by atoms with Crippen LogP contribution >= 0.6 is 17.0 Å². The molecule has 0 aromatic rings. The summed E-state index contributed by atoms with van der Waals surface area (Å²) in [6, 6.07) is 0. The van der Waals surface area contributed by atoms with E-state index < -0.39 is 19.8 Å². The predicted octanol–water partition coefficient (Wildman–Crippen LogP) is 6.53. The number of halogens is 1. The van der Waals surface area contributed by atoms with Crippen LogP contribution in [-0.4, -0.2) is 19.8 Å². The van der Waals surface area contributed by atoms with Gasteiger partial charge in [0.25, 0.3) is 0 Å². The fourth-order valence-electron chi connectivity index (χ4n) is 4.07. The Morgan fingerprint density at radius 3 is 1.61 bits per heavy atom. The molecule has 0 spiro atoms. The molecule has 0 nitrogen and oxygen atoms in total. The second-order valence-corrected chi connectivity index (χ2v) is 15.7. The summed E-state index contributed by atoms with van der Waals surface area (Å²) in [5.74, 6) is 0. The Morgan fingerprint density at radius 2 is 1.22 bits per heavy atom. The van der Waals surface area contributed by atoms with E-state index in [0.717, 1.165) is 0 Å². The predicted molar refractivity (Wildman–Crippen MR) is 89.5 cm³/mol. The van der Waals surface area contributed by atoms with Gasteiger partial charge in [0.15, 0.2) is 0 Å². The van der Waals surface area contributed by atoms with E-state index in [1.165, 1.54) is 14.3 Å². The molecule has 0 N–H and O–H groups in total. The molecule has 0 aromatic heterocycles. The van der Waals surface area contributed by atoms with E-state index in [9.17, 15) is 0 Å². The number of unbranched alkanes of at least 4 members (excludes halogenated alkanes) is 1. The van der Waals surface area contributed by atoms with Gasteiger partial charge in [-0.1, -0.05) is 0 Å². The van der Waals surface area contributed by atoms with Gasteiger partial charge in [0.2, 0.25) is 0 Å². The van der Waals surface area contributed by atoms with Gasteiger partial charge in [-0.15, -0.1) is 17.0 Å². The summed E-state index contributed by atoms with van der Waals surface area (Å²) in [7, 11) is 0. The first-order valence-corrected chi connectivity index (χ1v) is 13.6. The van der Waals surface area contributed by atoms with E-state index in [2.05, 4.69) is 6.92 Å². The summed E-state index contributed by atoms with van der Waals surface area (Å²) in [4.78, 5) is 0. The molecule has 2 heteroatoms. The maximum absolute atomic E-state index is 2.39. The van der Waals surface area contributed by atoms with Gasteiger partial charge in [0, 0.05) is 0 Å². The summed E-state index contributed by atoms with van der Waals surface area (Å²) in [5, 5.41) is 0. The van der Waals surface area contributed by atoms with Crippen LogP contribution in [0.2, 0.25) is 12.3 Å². The Morgan fingerprint density at radius 1 is 0.778 bits per heavy atom. The van der Waals surface area contributed by atoms with Crippen LogP contribution in [0.3, 0.4) is 0 Å². The van der Waals surface area contributed by atoms with Crippen molar-refractivity contribution in [3.8, 4) is 0 Å². The standard InChI is InChI=1S/2C6H11.C4H9.BrH.Sn/c2*1-2-4-6-5-3-1;1-3-4-2;;/h2*1H,2-6H2;1,3-4H2,2H3;1H;. The van der Waals surface area contributed by atoms with Gasteiger partial charge in [-0.2, -0.15) is 0 Å². The van der Waals surface area contributed by atoms with Crippen LogP contribution in [0.1, 0.15) is 84.0 Å². The minimum atomic E-state index is -1.05. The van der Waals surface area contributed by atoms with Crippen LogP contribution in [0.4, 0.5) is 0 Å². The summed E-state index contributed by atoms with van der Waals surface area (Å²) < 4.78 is 4.36. The third kappa shape index (κ3) is 5.34. The fourth-order valence-corrected chi connectivity index (χ4v) is 17.0. The van der Waals surface area contributed by atoms with Gasteiger partial charge >= 0.3 is 116 Å². The van der Waals surface area contributed by atoms with Crippen LogP contribution in [0.5, 0.6) is 0 Å². The summed E-state index contributed by atoms with van der Waals surface area (Å²) >= 11 is -1.05. The van der Waals surface area contributed by atoms with Crippen molar-refractivity contribution in [2.75, 3.05) is 0 Å². The fraction of sp³-hybridized carbons (Fsp3) is 1.00. The van der Waals surface area contributed by atoms with E-state index in [0.29, 0.717) is 0 Å². The Bertz CT molecular complexity index is 177. The average Bonchev–Trinajstić information content (AvgIpc) is 2.42. The third-order valence-corrected chi connectivity index (χ3v) is 17.0. The van der Waals surface area contributed by atoms with Crippen LogP contribution in [0.25, 0.3) is 0 Å². The van der Waals surface area contributed by atoms with Crippen molar-refractivity contribution in [1.82, 2.24) is 0 Å². The van der Waals surface area contributed by atoms with E-state index in [-0.39, 0.29) is 17.0 Å². The van der Waals surface area contributed by atoms with Crippen molar-refractivity contribution in [2.24, 2.45) is 0 Å². The van der Waals surface area contributed by atoms with Gasteiger partial charge in [-0.3, -0.25) is 0 Å². The molecule has 2 rings (SSSR count). The molecule has 2 aliphatic carbocycles. The first-order chi connectivity index (χ1) is 8.42. The molecule has 2 saturated carbocycles. The third-order valence-electron chi connectivity index (χ3n) is 5.08. The van der Waals surface area contributed by atoms with Crippen LogP contribution < -0.4 is 0 Å². The number of hydrogen-bond donors (Lipinski definition) is 0. The molecule has 0 aliphatic heterocycles. The maximum atomic E-state index is 2.39. The van der Waals surface area contributed by atoms with Gasteiger partial charge in [-0.05, 0) is 0 Å². The number of hydrogen-bond acceptors (Lipinski definition) is 0. The summed E-state index contributed by atoms with van der Waals surface area (Å²) in [6.45, 7) is 2.39. The molecule has 0 aromatic carbocycles. The van der Waals surface area contributed by atoms with Crippen LogP contribution in [0.15, 0.2) is 0 Å². The first-order valence-electron chi connectivity index (χ1n) is 8.27. The van der Waals surface area contributed by atoms with Crippen molar-refractivity contribution >= 4 is 36.7 Å². The SMILES string of the molecule is Br.CCC[CH2][Sn]([CH]1CCCCC1)[CH]1CCCCC1. The molecule has 0 atom stereocenters. The van der Waals surface area contributed by atoms with E-state index in [1.807, 2.05) is 0 Å². The van der Waals surface area contributed by atoms with Crippen molar-refractivity contribution < 1.29 is 0 Å². The second kappa shape index (κ2) is 10.1. The monoisotopic (exact) mass is 423 g/mol. The van der Waals surface area contributed by atoms with Gasteiger partial charge in [-0.25, -0.2) is 0 Å². The molecule has 2 aliphatic rings. The Balaban J connectivity index is 0.00000162. The molecule has 2 fully saturated rings. The molecule has 0 bridgehead atoms. The number of rotatable bonds is 5. The summed E-state index contributed by atoms with van der Waals surface area (Å²) in [6.07, 6.45) is 19.0. The molecule has 1 radical (unpaired) electrons.